The molecule has 1 aliphatic carbocycles. The summed E-state index contributed by atoms with van der Waals surface area (Å²) in [6, 6.07) is 11.3. The fourth-order valence-corrected chi connectivity index (χ4v) is 3.67. The standard InChI is InChI=1S/C21H21NO6/c1-27-15-9-14(10-16(12-15)28-2)13-7-8-18(20(23)11-13)21(24)17-5-3-4-6-19(17)22(25)26/h3-6,9-10,12-13,18H,7-8,11H2,1-2H3. The number of carbonyl (C=O) groups is 2. The van der Waals surface area contributed by atoms with Gasteiger partial charge in [0, 0.05) is 18.6 Å². The van der Waals surface area contributed by atoms with E-state index < -0.39 is 16.6 Å². The van der Waals surface area contributed by atoms with E-state index in [9.17, 15) is 19.7 Å². The Morgan fingerprint density at radius 1 is 1.07 bits per heavy atom. The summed E-state index contributed by atoms with van der Waals surface area (Å²) in [6.45, 7) is 0. The second-order valence-electron chi connectivity index (χ2n) is 6.78. The number of carbonyl (C=O) groups excluding carboxylic acids is 2. The molecule has 0 N–H and O–H groups in total. The molecule has 146 valence electrons. The van der Waals surface area contributed by atoms with Gasteiger partial charge in [0.2, 0.25) is 0 Å². The van der Waals surface area contributed by atoms with Gasteiger partial charge in [0.1, 0.15) is 17.3 Å². The summed E-state index contributed by atoms with van der Waals surface area (Å²) in [4.78, 5) is 36.1. The van der Waals surface area contributed by atoms with Crippen LogP contribution >= 0.6 is 0 Å². The molecule has 0 saturated heterocycles. The van der Waals surface area contributed by atoms with Crippen LogP contribution < -0.4 is 9.47 Å². The van der Waals surface area contributed by atoms with Crippen LogP contribution in [0.2, 0.25) is 0 Å². The first-order valence-corrected chi connectivity index (χ1v) is 8.98. The first kappa shape index (κ1) is 19.5. The van der Waals surface area contributed by atoms with E-state index >= 15 is 0 Å². The first-order valence-electron chi connectivity index (χ1n) is 8.98. The molecule has 1 fully saturated rings. The Morgan fingerprint density at radius 3 is 2.29 bits per heavy atom. The van der Waals surface area contributed by atoms with E-state index in [4.69, 9.17) is 9.47 Å². The molecule has 7 nitrogen and oxygen atoms in total. The van der Waals surface area contributed by atoms with Crippen molar-refractivity contribution in [3.63, 3.8) is 0 Å². The van der Waals surface area contributed by atoms with Crippen molar-refractivity contribution in [3.8, 4) is 11.5 Å². The predicted octanol–water partition coefficient (Wildman–Crippen LogP) is 3.95. The number of nitrogens with zero attached hydrogens (tertiary/aromatic N) is 1. The summed E-state index contributed by atoms with van der Waals surface area (Å²) in [5.41, 5.74) is 0.647. The lowest BCUT2D eigenvalue weighted by molar-refractivity contribution is -0.385. The van der Waals surface area contributed by atoms with Crippen molar-refractivity contribution in [2.24, 2.45) is 5.92 Å². The third kappa shape index (κ3) is 3.88. The average Bonchev–Trinajstić information content (AvgIpc) is 2.72. The Bertz CT molecular complexity index is 901. The lowest BCUT2D eigenvalue weighted by Gasteiger charge is -2.27. The van der Waals surface area contributed by atoms with Crippen LogP contribution in [0.5, 0.6) is 11.5 Å². The fourth-order valence-electron chi connectivity index (χ4n) is 3.67. The summed E-state index contributed by atoms with van der Waals surface area (Å²) < 4.78 is 10.6. The maximum absolute atomic E-state index is 12.8. The molecule has 7 heteroatoms. The van der Waals surface area contributed by atoms with Gasteiger partial charge in [-0.3, -0.25) is 19.7 Å². The Hall–Kier alpha value is -3.22. The number of nitro groups is 1. The molecule has 0 aromatic heterocycles. The van der Waals surface area contributed by atoms with Crippen LogP contribution in [0.4, 0.5) is 5.69 Å². The molecule has 0 bridgehead atoms. The van der Waals surface area contributed by atoms with Crippen LogP contribution in [-0.2, 0) is 4.79 Å². The SMILES string of the molecule is COc1cc(OC)cc(C2CCC(C(=O)c3ccccc3[N+](=O)[O-])C(=O)C2)c1. The molecular weight excluding hydrogens is 362 g/mol. The van der Waals surface area contributed by atoms with E-state index in [0.29, 0.717) is 24.3 Å². The third-order valence-electron chi connectivity index (χ3n) is 5.17. The quantitative estimate of drug-likeness (QED) is 0.324. The maximum atomic E-state index is 12.8. The van der Waals surface area contributed by atoms with Gasteiger partial charge in [-0.05, 0) is 42.5 Å². The fraction of sp³-hybridized carbons (Fsp3) is 0.333. The highest BCUT2D eigenvalue weighted by Crippen LogP contribution is 2.38. The lowest BCUT2D eigenvalue weighted by Crippen LogP contribution is -2.30. The molecule has 2 unspecified atom stereocenters. The van der Waals surface area contributed by atoms with Crippen molar-refractivity contribution in [1.29, 1.82) is 0 Å². The number of para-hydroxylation sites is 1. The summed E-state index contributed by atoms with van der Waals surface area (Å²) in [7, 11) is 3.12. The van der Waals surface area contributed by atoms with E-state index in [-0.39, 0.29) is 29.4 Å². The van der Waals surface area contributed by atoms with E-state index in [0.717, 1.165) is 5.56 Å². The minimum Gasteiger partial charge on any atom is -0.497 e. The molecule has 0 spiro atoms. The van der Waals surface area contributed by atoms with E-state index in [1.54, 1.807) is 26.4 Å². The topological polar surface area (TPSA) is 95.7 Å². The molecule has 0 amide bonds. The second kappa shape index (κ2) is 8.21. The van der Waals surface area contributed by atoms with E-state index in [2.05, 4.69) is 0 Å². The molecule has 1 aliphatic rings. The highest BCUT2D eigenvalue weighted by molar-refractivity contribution is 6.12. The maximum Gasteiger partial charge on any atom is 0.280 e. The lowest BCUT2D eigenvalue weighted by atomic mass is 9.75. The van der Waals surface area contributed by atoms with Gasteiger partial charge in [-0.1, -0.05) is 12.1 Å². The van der Waals surface area contributed by atoms with Crippen LogP contribution in [0.25, 0.3) is 0 Å². The summed E-state index contributed by atoms with van der Waals surface area (Å²) in [5.74, 6) is -0.281. The normalized spacial score (nSPS) is 19.1. The number of nitro benzene ring substituents is 1. The molecule has 0 radical (unpaired) electrons. The van der Waals surface area contributed by atoms with Crippen molar-refractivity contribution in [2.75, 3.05) is 14.2 Å². The number of Topliss-reactive ketones (excluding diaryl/α,β-unsaturated/α-hetero) is 2. The molecule has 1 saturated carbocycles. The molecule has 2 aromatic rings. The van der Waals surface area contributed by atoms with E-state index in [1.165, 1.54) is 18.2 Å². The van der Waals surface area contributed by atoms with Crippen LogP contribution in [0.15, 0.2) is 42.5 Å². The minimum atomic E-state index is -0.843. The summed E-state index contributed by atoms with van der Waals surface area (Å²) in [5, 5.41) is 11.2. The Balaban J connectivity index is 1.80. The summed E-state index contributed by atoms with van der Waals surface area (Å²) >= 11 is 0. The van der Waals surface area contributed by atoms with Gasteiger partial charge in [-0.2, -0.15) is 0 Å². The molecule has 2 atom stereocenters. The van der Waals surface area contributed by atoms with Gasteiger partial charge in [0.15, 0.2) is 5.78 Å². The average molecular weight is 383 g/mol. The number of rotatable bonds is 6. The number of ether oxygens (including phenoxy) is 2. The van der Waals surface area contributed by atoms with Crippen molar-refractivity contribution in [1.82, 2.24) is 0 Å². The number of benzene rings is 2. The number of methoxy groups -OCH3 is 2. The monoisotopic (exact) mass is 383 g/mol. The van der Waals surface area contributed by atoms with E-state index in [1.807, 2.05) is 12.1 Å². The van der Waals surface area contributed by atoms with Gasteiger partial charge >= 0.3 is 0 Å². The summed E-state index contributed by atoms with van der Waals surface area (Å²) in [6.07, 6.45) is 1.18. The van der Waals surface area contributed by atoms with Gasteiger partial charge in [-0.25, -0.2) is 0 Å². The molecule has 28 heavy (non-hydrogen) atoms. The molecule has 2 aromatic carbocycles. The minimum absolute atomic E-state index is 0.00708. The number of hydrogen-bond acceptors (Lipinski definition) is 6. The third-order valence-corrected chi connectivity index (χ3v) is 5.17. The second-order valence-corrected chi connectivity index (χ2v) is 6.78. The van der Waals surface area contributed by atoms with Gasteiger partial charge in [0.25, 0.3) is 5.69 Å². The highest BCUT2D eigenvalue weighted by Gasteiger charge is 2.36. The first-order chi connectivity index (χ1) is 13.4. The highest BCUT2D eigenvalue weighted by atomic mass is 16.6. The zero-order valence-electron chi connectivity index (χ0n) is 15.7. The Kier molecular flexibility index (Phi) is 5.73. The molecular formula is C21H21NO6. The van der Waals surface area contributed by atoms with Crippen molar-refractivity contribution in [3.05, 3.63) is 63.7 Å². The van der Waals surface area contributed by atoms with Crippen LogP contribution in [0.1, 0.15) is 41.1 Å². The Labute approximate surface area is 162 Å². The molecule has 0 heterocycles. The van der Waals surface area contributed by atoms with Crippen LogP contribution in [0.3, 0.4) is 0 Å². The Morgan fingerprint density at radius 2 is 1.71 bits per heavy atom. The molecule has 3 rings (SSSR count). The van der Waals surface area contributed by atoms with Gasteiger partial charge in [0.05, 0.1) is 30.6 Å². The molecule has 0 aliphatic heterocycles. The van der Waals surface area contributed by atoms with Crippen LogP contribution in [0, 0.1) is 16.0 Å². The van der Waals surface area contributed by atoms with Crippen molar-refractivity contribution < 1.29 is 24.0 Å². The largest absolute Gasteiger partial charge is 0.497 e. The number of hydrogen-bond donors (Lipinski definition) is 0. The predicted molar refractivity (Wildman–Crippen MR) is 102 cm³/mol. The van der Waals surface area contributed by atoms with Crippen LogP contribution in [-0.4, -0.2) is 30.7 Å². The zero-order chi connectivity index (χ0) is 20.3. The van der Waals surface area contributed by atoms with Gasteiger partial charge in [-0.15, -0.1) is 0 Å². The van der Waals surface area contributed by atoms with Crippen molar-refractivity contribution >= 4 is 17.3 Å². The zero-order valence-corrected chi connectivity index (χ0v) is 15.7. The van der Waals surface area contributed by atoms with Crippen molar-refractivity contribution in [2.45, 2.75) is 25.2 Å². The smallest absolute Gasteiger partial charge is 0.280 e. The number of ketones is 2. The van der Waals surface area contributed by atoms with Gasteiger partial charge < -0.3 is 9.47 Å².